The van der Waals surface area contributed by atoms with Crippen LogP contribution in [0.5, 0.6) is 0 Å². The van der Waals surface area contributed by atoms with Crippen LogP contribution in [-0.4, -0.2) is 23.6 Å². The van der Waals surface area contributed by atoms with E-state index in [2.05, 4.69) is 5.32 Å². The number of hydrogen-bond donors (Lipinski definition) is 3. The third kappa shape index (κ3) is 5.95. The van der Waals surface area contributed by atoms with Crippen LogP contribution in [0.3, 0.4) is 0 Å². The molecule has 0 aliphatic carbocycles. The molecule has 0 aliphatic heterocycles. The van der Waals surface area contributed by atoms with Crippen molar-refractivity contribution in [3.63, 3.8) is 0 Å². The quantitative estimate of drug-likeness (QED) is 0.755. The molecule has 18 heavy (non-hydrogen) atoms. The number of carbonyl (C=O) groups is 1. The molecule has 0 radical (unpaired) electrons. The highest BCUT2D eigenvalue weighted by Crippen LogP contribution is 2.12. The molecule has 0 spiro atoms. The van der Waals surface area contributed by atoms with Gasteiger partial charge >= 0.3 is 0 Å². The van der Waals surface area contributed by atoms with E-state index in [0.29, 0.717) is 5.56 Å². The summed E-state index contributed by atoms with van der Waals surface area (Å²) in [4.78, 5) is 11.3. The third-order valence-electron chi connectivity index (χ3n) is 2.25. The Morgan fingerprint density at radius 2 is 2.00 bits per heavy atom. The largest absolute Gasteiger partial charge is 0.387 e. The molecule has 1 amide bonds. The van der Waals surface area contributed by atoms with Gasteiger partial charge in [-0.05, 0) is 24.6 Å². The number of nitrogens with one attached hydrogen (secondary N) is 1. The van der Waals surface area contributed by atoms with E-state index >= 15 is 0 Å². The molecule has 1 aromatic carbocycles. The van der Waals surface area contributed by atoms with Gasteiger partial charge < -0.3 is 16.2 Å². The van der Waals surface area contributed by atoms with Crippen LogP contribution in [0, 0.1) is 5.82 Å². The molecule has 0 aromatic heterocycles. The number of hydrogen-bond acceptors (Lipinski definition) is 3. The molecule has 0 aliphatic rings. The lowest BCUT2D eigenvalue weighted by Gasteiger charge is -2.13. The molecule has 0 fully saturated rings. The fourth-order valence-corrected chi connectivity index (χ4v) is 1.38. The van der Waals surface area contributed by atoms with Crippen LogP contribution >= 0.6 is 12.4 Å². The van der Waals surface area contributed by atoms with E-state index in [4.69, 9.17) is 5.73 Å². The molecule has 0 saturated carbocycles. The van der Waals surface area contributed by atoms with Crippen molar-refractivity contribution in [2.75, 3.05) is 6.54 Å². The van der Waals surface area contributed by atoms with Gasteiger partial charge in [-0.15, -0.1) is 12.4 Å². The Hall–Kier alpha value is -1.17. The summed E-state index contributed by atoms with van der Waals surface area (Å²) < 4.78 is 12.6. The number of aliphatic hydroxyl groups is 1. The van der Waals surface area contributed by atoms with Crippen molar-refractivity contribution in [3.8, 4) is 0 Å². The first-order chi connectivity index (χ1) is 7.99. The summed E-state index contributed by atoms with van der Waals surface area (Å²) >= 11 is 0. The SMILES string of the molecule is CC(N)CC(=O)NCC(O)c1ccc(F)cc1.Cl. The second-order valence-electron chi connectivity index (χ2n) is 4.05. The maximum Gasteiger partial charge on any atom is 0.221 e. The van der Waals surface area contributed by atoms with Gasteiger partial charge in [0.1, 0.15) is 5.82 Å². The van der Waals surface area contributed by atoms with Crippen LogP contribution in [0.2, 0.25) is 0 Å². The van der Waals surface area contributed by atoms with Crippen LogP contribution in [-0.2, 0) is 4.79 Å². The summed E-state index contributed by atoms with van der Waals surface area (Å²) in [6.45, 7) is 1.83. The van der Waals surface area contributed by atoms with Gasteiger partial charge in [-0.2, -0.15) is 0 Å². The fourth-order valence-electron chi connectivity index (χ4n) is 1.38. The molecule has 2 unspecified atom stereocenters. The standard InChI is InChI=1S/C12H17FN2O2.ClH/c1-8(14)6-12(17)15-7-11(16)9-2-4-10(13)5-3-9;/h2-5,8,11,16H,6-7,14H2,1H3,(H,15,17);1H. The highest BCUT2D eigenvalue weighted by atomic mass is 35.5. The molecule has 0 saturated heterocycles. The van der Waals surface area contributed by atoms with E-state index in [9.17, 15) is 14.3 Å². The number of carbonyl (C=O) groups excluding carboxylic acids is 1. The second kappa shape index (κ2) is 8.02. The Kier molecular flexibility index (Phi) is 7.50. The number of halogens is 2. The van der Waals surface area contributed by atoms with Gasteiger partial charge in [-0.3, -0.25) is 4.79 Å². The molecule has 2 atom stereocenters. The van der Waals surface area contributed by atoms with E-state index in [-0.39, 0.29) is 43.1 Å². The fraction of sp³-hybridized carbons (Fsp3) is 0.417. The zero-order valence-corrected chi connectivity index (χ0v) is 10.9. The van der Waals surface area contributed by atoms with Gasteiger partial charge in [0.15, 0.2) is 0 Å². The van der Waals surface area contributed by atoms with E-state index in [1.807, 2.05) is 0 Å². The number of benzene rings is 1. The lowest BCUT2D eigenvalue weighted by molar-refractivity contribution is -0.121. The van der Waals surface area contributed by atoms with Crippen LogP contribution in [0.4, 0.5) is 4.39 Å². The van der Waals surface area contributed by atoms with Gasteiger partial charge in [0.05, 0.1) is 6.10 Å². The van der Waals surface area contributed by atoms with Crippen molar-refractivity contribution < 1.29 is 14.3 Å². The second-order valence-corrected chi connectivity index (χ2v) is 4.05. The predicted octanol–water partition coefficient (Wildman–Crippen LogP) is 1.13. The van der Waals surface area contributed by atoms with Gasteiger partial charge in [0, 0.05) is 19.0 Å². The number of aliphatic hydroxyl groups excluding tert-OH is 1. The maximum absolute atomic E-state index is 12.6. The summed E-state index contributed by atoms with van der Waals surface area (Å²) in [7, 11) is 0. The average Bonchev–Trinajstić information content (AvgIpc) is 2.26. The molecular weight excluding hydrogens is 259 g/mol. The van der Waals surface area contributed by atoms with Gasteiger partial charge in [0.25, 0.3) is 0 Å². The first kappa shape index (κ1) is 16.8. The summed E-state index contributed by atoms with van der Waals surface area (Å²) in [6.07, 6.45) is -0.622. The molecule has 1 rings (SSSR count). The van der Waals surface area contributed by atoms with Gasteiger partial charge in [-0.1, -0.05) is 12.1 Å². The molecule has 102 valence electrons. The predicted molar refractivity (Wildman–Crippen MR) is 69.9 cm³/mol. The Morgan fingerprint density at radius 3 is 2.50 bits per heavy atom. The van der Waals surface area contributed by atoms with Crippen LogP contribution in [0.25, 0.3) is 0 Å². The highest BCUT2D eigenvalue weighted by molar-refractivity contribution is 5.85. The lowest BCUT2D eigenvalue weighted by Crippen LogP contribution is -2.32. The van der Waals surface area contributed by atoms with Crippen LogP contribution in [0.15, 0.2) is 24.3 Å². The average molecular weight is 277 g/mol. The number of amides is 1. The first-order valence-corrected chi connectivity index (χ1v) is 5.45. The summed E-state index contributed by atoms with van der Waals surface area (Å²) in [6, 6.07) is 5.29. The maximum atomic E-state index is 12.6. The van der Waals surface area contributed by atoms with Gasteiger partial charge in [0.2, 0.25) is 5.91 Å². The van der Waals surface area contributed by atoms with E-state index in [1.54, 1.807) is 6.92 Å². The minimum Gasteiger partial charge on any atom is -0.387 e. The molecular formula is C12H18ClFN2O2. The van der Waals surface area contributed by atoms with Crippen molar-refractivity contribution in [1.29, 1.82) is 0 Å². The Labute approximate surface area is 112 Å². The van der Waals surface area contributed by atoms with E-state index in [1.165, 1.54) is 24.3 Å². The van der Waals surface area contributed by atoms with Crippen molar-refractivity contribution in [2.45, 2.75) is 25.5 Å². The van der Waals surface area contributed by atoms with E-state index in [0.717, 1.165) is 0 Å². The first-order valence-electron chi connectivity index (χ1n) is 5.45. The van der Waals surface area contributed by atoms with Gasteiger partial charge in [-0.25, -0.2) is 4.39 Å². The van der Waals surface area contributed by atoms with Crippen molar-refractivity contribution in [3.05, 3.63) is 35.6 Å². The molecule has 6 heteroatoms. The highest BCUT2D eigenvalue weighted by Gasteiger charge is 2.10. The zero-order valence-electron chi connectivity index (χ0n) is 10.1. The van der Waals surface area contributed by atoms with E-state index < -0.39 is 6.10 Å². The van der Waals surface area contributed by atoms with Crippen molar-refractivity contribution >= 4 is 18.3 Å². The van der Waals surface area contributed by atoms with Crippen LogP contribution < -0.4 is 11.1 Å². The monoisotopic (exact) mass is 276 g/mol. The Balaban J connectivity index is 0.00000289. The van der Waals surface area contributed by atoms with Crippen molar-refractivity contribution in [1.82, 2.24) is 5.32 Å². The molecule has 0 bridgehead atoms. The summed E-state index contributed by atoms with van der Waals surface area (Å²) in [5, 5.41) is 12.3. The Morgan fingerprint density at radius 1 is 1.44 bits per heavy atom. The number of nitrogens with two attached hydrogens (primary N) is 1. The lowest BCUT2D eigenvalue weighted by atomic mass is 10.1. The number of rotatable bonds is 5. The normalized spacial score (nSPS) is 13.3. The zero-order chi connectivity index (χ0) is 12.8. The minimum absolute atomic E-state index is 0. The smallest absolute Gasteiger partial charge is 0.221 e. The topological polar surface area (TPSA) is 75.4 Å². The molecule has 4 N–H and O–H groups in total. The minimum atomic E-state index is -0.840. The third-order valence-corrected chi connectivity index (χ3v) is 2.25. The van der Waals surface area contributed by atoms with Crippen LogP contribution in [0.1, 0.15) is 25.0 Å². The summed E-state index contributed by atoms with van der Waals surface area (Å²) in [5.74, 6) is -0.567. The molecule has 0 heterocycles. The molecule has 4 nitrogen and oxygen atoms in total. The van der Waals surface area contributed by atoms with Crippen molar-refractivity contribution in [2.24, 2.45) is 5.73 Å². The molecule has 1 aromatic rings. The Bertz CT molecular complexity index is 371. The summed E-state index contributed by atoms with van der Waals surface area (Å²) in [5.41, 5.74) is 6.02.